The molecule has 1 aromatic rings. The average molecular weight is 494 g/mol. The molecular weight excluding hydrogens is 458 g/mol. The fraction of sp³-hybridized carbons (Fsp3) is 0.625. The molecule has 1 unspecified atom stereocenters. The van der Waals surface area contributed by atoms with Gasteiger partial charge in [0.05, 0.1) is 11.1 Å². The van der Waals surface area contributed by atoms with Crippen molar-refractivity contribution in [1.82, 2.24) is 14.5 Å². The van der Waals surface area contributed by atoms with Gasteiger partial charge in [0, 0.05) is 19.1 Å². The molecule has 0 saturated carbocycles. The second kappa shape index (κ2) is 10.4. The van der Waals surface area contributed by atoms with Crippen molar-refractivity contribution in [2.75, 3.05) is 13.1 Å². The van der Waals surface area contributed by atoms with E-state index in [2.05, 4.69) is 5.32 Å². The minimum atomic E-state index is -3.98. The van der Waals surface area contributed by atoms with Gasteiger partial charge in [-0.2, -0.15) is 4.31 Å². The predicted octanol–water partition coefficient (Wildman–Crippen LogP) is 3.51. The SMILES string of the molecule is CCCCCC(N1C(=O)c2ccccc2C1=O)S(=O)(=O)N1CCC(NC(=O)OC(C)(C)C)CC1. The van der Waals surface area contributed by atoms with Crippen LogP contribution in [0, 0.1) is 0 Å². The van der Waals surface area contributed by atoms with E-state index in [1.807, 2.05) is 6.92 Å². The van der Waals surface area contributed by atoms with E-state index in [1.54, 1.807) is 45.0 Å². The van der Waals surface area contributed by atoms with E-state index >= 15 is 0 Å². The van der Waals surface area contributed by atoms with E-state index in [0.29, 0.717) is 19.3 Å². The summed E-state index contributed by atoms with van der Waals surface area (Å²) in [6, 6.07) is 6.23. The second-order valence-corrected chi connectivity index (χ2v) is 11.9. The van der Waals surface area contributed by atoms with Crippen LogP contribution in [0.2, 0.25) is 0 Å². The molecule has 3 amide bonds. The molecule has 0 spiro atoms. The van der Waals surface area contributed by atoms with Gasteiger partial charge >= 0.3 is 6.09 Å². The molecule has 0 aliphatic carbocycles. The lowest BCUT2D eigenvalue weighted by Gasteiger charge is -2.36. The van der Waals surface area contributed by atoms with E-state index in [1.165, 1.54) is 4.31 Å². The van der Waals surface area contributed by atoms with Crippen molar-refractivity contribution >= 4 is 27.9 Å². The Morgan fingerprint density at radius 2 is 1.65 bits per heavy atom. The molecule has 2 aliphatic heterocycles. The molecule has 188 valence electrons. The Bertz CT molecular complexity index is 990. The number of nitrogens with one attached hydrogen (secondary N) is 1. The summed E-state index contributed by atoms with van der Waals surface area (Å²) >= 11 is 0. The van der Waals surface area contributed by atoms with Crippen molar-refractivity contribution in [2.24, 2.45) is 0 Å². The molecule has 0 bridgehead atoms. The Morgan fingerprint density at radius 1 is 1.09 bits per heavy atom. The molecule has 34 heavy (non-hydrogen) atoms. The summed E-state index contributed by atoms with van der Waals surface area (Å²) in [5, 5.41) is 1.55. The molecule has 1 aromatic carbocycles. The van der Waals surface area contributed by atoms with Crippen molar-refractivity contribution in [3.63, 3.8) is 0 Å². The molecule has 0 radical (unpaired) electrons. The third-order valence-corrected chi connectivity index (χ3v) is 8.27. The third-order valence-electron chi connectivity index (χ3n) is 6.05. The van der Waals surface area contributed by atoms with Crippen LogP contribution in [-0.2, 0) is 14.8 Å². The monoisotopic (exact) mass is 493 g/mol. The molecule has 1 fully saturated rings. The second-order valence-electron chi connectivity index (χ2n) is 9.84. The van der Waals surface area contributed by atoms with Gasteiger partial charge in [-0.05, 0) is 52.2 Å². The largest absolute Gasteiger partial charge is 0.444 e. The van der Waals surface area contributed by atoms with Gasteiger partial charge in [-0.15, -0.1) is 0 Å². The minimum Gasteiger partial charge on any atom is -0.444 e. The van der Waals surface area contributed by atoms with Crippen LogP contribution in [-0.4, -0.2) is 65.6 Å². The molecule has 1 N–H and O–H groups in total. The Labute approximate surface area is 201 Å². The molecule has 0 aromatic heterocycles. The number of ether oxygens (including phenoxy) is 1. The molecular formula is C24H35N3O6S. The third kappa shape index (κ3) is 5.78. The number of hydrogen-bond acceptors (Lipinski definition) is 6. The van der Waals surface area contributed by atoms with Crippen molar-refractivity contribution in [1.29, 1.82) is 0 Å². The van der Waals surface area contributed by atoms with Crippen molar-refractivity contribution in [2.45, 2.75) is 83.2 Å². The number of piperidine rings is 1. The van der Waals surface area contributed by atoms with E-state index < -0.39 is 38.9 Å². The highest BCUT2D eigenvalue weighted by Gasteiger charge is 2.47. The normalized spacial score (nSPS) is 18.6. The number of sulfonamides is 1. The molecule has 3 rings (SSSR count). The van der Waals surface area contributed by atoms with Gasteiger partial charge in [-0.3, -0.25) is 14.5 Å². The Balaban J connectivity index is 1.74. The van der Waals surface area contributed by atoms with Gasteiger partial charge in [-0.1, -0.05) is 38.3 Å². The maximum absolute atomic E-state index is 13.7. The zero-order chi connectivity index (χ0) is 25.1. The smallest absolute Gasteiger partial charge is 0.407 e. The highest BCUT2D eigenvalue weighted by atomic mass is 32.2. The number of unbranched alkanes of at least 4 members (excludes halogenated alkanes) is 2. The number of benzene rings is 1. The first-order chi connectivity index (χ1) is 16.0. The molecule has 10 heteroatoms. The van der Waals surface area contributed by atoms with Crippen LogP contribution in [0.25, 0.3) is 0 Å². The number of nitrogens with zero attached hydrogens (tertiary/aromatic N) is 2. The van der Waals surface area contributed by atoms with E-state index in [9.17, 15) is 22.8 Å². The number of rotatable bonds is 8. The van der Waals surface area contributed by atoms with Gasteiger partial charge in [0.2, 0.25) is 10.0 Å². The summed E-state index contributed by atoms with van der Waals surface area (Å²) in [6.45, 7) is 7.72. The van der Waals surface area contributed by atoms with Crippen molar-refractivity contribution < 1.29 is 27.5 Å². The van der Waals surface area contributed by atoms with Crippen LogP contribution in [0.4, 0.5) is 4.79 Å². The van der Waals surface area contributed by atoms with E-state index in [4.69, 9.17) is 4.74 Å². The number of carbonyl (C=O) groups excluding carboxylic acids is 3. The van der Waals surface area contributed by atoms with E-state index in [0.717, 1.165) is 17.7 Å². The first-order valence-electron chi connectivity index (χ1n) is 11.9. The van der Waals surface area contributed by atoms with Crippen LogP contribution >= 0.6 is 0 Å². The topological polar surface area (TPSA) is 113 Å². The van der Waals surface area contributed by atoms with Crippen molar-refractivity contribution in [3.05, 3.63) is 35.4 Å². The van der Waals surface area contributed by atoms with Gasteiger partial charge in [0.1, 0.15) is 5.60 Å². The summed E-state index contributed by atoms with van der Waals surface area (Å²) in [4.78, 5) is 39.1. The van der Waals surface area contributed by atoms with Gasteiger partial charge in [0.15, 0.2) is 5.37 Å². The zero-order valence-electron chi connectivity index (χ0n) is 20.4. The average Bonchev–Trinajstić information content (AvgIpc) is 3.01. The van der Waals surface area contributed by atoms with Crippen LogP contribution in [0.3, 0.4) is 0 Å². The van der Waals surface area contributed by atoms with Gasteiger partial charge in [-0.25, -0.2) is 13.2 Å². The summed E-state index contributed by atoms with van der Waals surface area (Å²) in [5.74, 6) is -1.13. The molecule has 9 nitrogen and oxygen atoms in total. The minimum absolute atomic E-state index is 0.191. The highest BCUT2D eigenvalue weighted by Crippen LogP contribution is 2.31. The predicted molar refractivity (Wildman–Crippen MR) is 128 cm³/mol. The number of alkyl carbamates (subject to hydrolysis) is 1. The van der Waals surface area contributed by atoms with Gasteiger partial charge in [0.25, 0.3) is 11.8 Å². The number of imide groups is 1. The van der Waals surface area contributed by atoms with Gasteiger partial charge < -0.3 is 10.1 Å². The molecule has 1 saturated heterocycles. The summed E-state index contributed by atoms with van der Waals surface area (Å²) in [5.41, 5.74) is -0.140. The summed E-state index contributed by atoms with van der Waals surface area (Å²) in [7, 11) is -3.98. The first-order valence-corrected chi connectivity index (χ1v) is 13.4. The van der Waals surface area contributed by atoms with Crippen LogP contribution < -0.4 is 5.32 Å². The van der Waals surface area contributed by atoms with Crippen LogP contribution in [0.5, 0.6) is 0 Å². The summed E-state index contributed by atoms with van der Waals surface area (Å²) in [6.07, 6.45) is 2.78. The van der Waals surface area contributed by atoms with E-state index in [-0.39, 0.29) is 36.7 Å². The number of carbonyl (C=O) groups is 3. The lowest BCUT2D eigenvalue weighted by Crippen LogP contribution is -2.54. The lowest BCUT2D eigenvalue weighted by atomic mass is 10.1. The zero-order valence-corrected chi connectivity index (χ0v) is 21.2. The highest BCUT2D eigenvalue weighted by molar-refractivity contribution is 7.89. The molecule has 1 atom stereocenters. The fourth-order valence-corrected chi connectivity index (χ4v) is 6.34. The number of amides is 3. The first kappa shape index (κ1) is 26.2. The Kier molecular flexibility index (Phi) is 8.02. The maximum atomic E-state index is 13.7. The maximum Gasteiger partial charge on any atom is 0.407 e. The standard InChI is InChI=1S/C24H35N3O6S/c1-5-6-7-12-20(27-21(28)18-10-8-9-11-19(18)22(27)29)34(31,32)26-15-13-17(14-16-26)25-23(30)33-24(2,3)4/h8-11,17,20H,5-7,12-16H2,1-4H3,(H,25,30). The summed E-state index contributed by atoms with van der Waals surface area (Å²) < 4.78 is 34.0. The fourth-order valence-electron chi connectivity index (χ4n) is 4.35. The molecule has 2 aliphatic rings. The molecule has 2 heterocycles. The lowest BCUT2D eigenvalue weighted by molar-refractivity contribution is 0.0485. The number of fused-ring (bicyclic) bond motifs is 1. The van der Waals surface area contributed by atoms with Crippen LogP contribution in [0.15, 0.2) is 24.3 Å². The van der Waals surface area contributed by atoms with Crippen LogP contribution in [0.1, 0.15) is 86.9 Å². The Morgan fingerprint density at radius 3 is 2.15 bits per heavy atom. The quantitative estimate of drug-likeness (QED) is 0.438. The van der Waals surface area contributed by atoms with Crippen molar-refractivity contribution in [3.8, 4) is 0 Å². The number of hydrogen-bond donors (Lipinski definition) is 1. The Hall–Kier alpha value is -2.46.